The molecule has 6 nitrogen and oxygen atoms in total. The lowest BCUT2D eigenvalue weighted by Crippen LogP contribution is -2.15. The molecule has 2 aromatic rings. The highest BCUT2D eigenvalue weighted by atomic mass is 79.9. The molecule has 0 saturated heterocycles. The van der Waals surface area contributed by atoms with Crippen LogP contribution in [0, 0.1) is 6.92 Å². The monoisotopic (exact) mass is 295 g/mol. The Hall–Kier alpha value is -1.89. The number of hydrogen-bond donors (Lipinski definition) is 3. The van der Waals surface area contributed by atoms with Crippen LogP contribution in [0.1, 0.15) is 16.2 Å². The quantitative estimate of drug-likeness (QED) is 0.735. The Morgan fingerprint density at radius 1 is 1.53 bits per heavy atom. The molecule has 0 unspecified atom stereocenters. The highest BCUT2D eigenvalue weighted by molar-refractivity contribution is 9.10. The molecular weight excluding hydrogens is 286 g/mol. The van der Waals surface area contributed by atoms with Crippen LogP contribution in [0.2, 0.25) is 0 Å². The number of carbonyl (C=O) groups excluding carboxylic acids is 1. The van der Waals surface area contributed by atoms with E-state index in [0.29, 0.717) is 21.7 Å². The number of nitrogen functional groups attached to an aromatic ring is 1. The normalized spacial score (nSPS) is 10.2. The van der Waals surface area contributed by atoms with Crippen molar-refractivity contribution in [1.29, 1.82) is 0 Å². The predicted molar refractivity (Wildman–Crippen MR) is 67.6 cm³/mol. The third-order valence-electron chi connectivity index (χ3n) is 2.20. The van der Waals surface area contributed by atoms with Gasteiger partial charge >= 0.3 is 0 Å². The van der Waals surface area contributed by atoms with Gasteiger partial charge in [-0.2, -0.15) is 5.10 Å². The summed E-state index contributed by atoms with van der Waals surface area (Å²) in [5.41, 5.74) is 7.48. The van der Waals surface area contributed by atoms with Crippen LogP contribution >= 0.6 is 15.9 Å². The van der Waals surface area contributed by atoms with E-state index in [4.69, 9.17) is 5.73 Å². The molecule has 0 spiro atoms. The number of nitrogens with two attached hydrogens (primary N) is 1. The van der Waals surface area contributed by atoms with Crippen molar-refractivity contribution in [3.05, 3.63) is 34.3 Å². The molecule has 0 aliphatic heterocycles. The van der Waals surface area contributed by atoms with Crippen molar-refractivity contribution in [2.24, 2.45) is 0 Å². The molecule has 4 N–H and O–H groups in total. The van der Waals surface area contributed by atoms with E-state index in [1.807, 2.05) is 0 Å². The van der Waals surface area contributed by atoms with Gasteiger partial charge in [0.1, 0.15) is 10.3 Å². The third-order valence-corrected chi connectivity index (χ3v) is 2.64. The highest BCUT2D eigenvalue weighted by Gasteiger charge is 2.13. The Bertz CT molecular complexity index is 566. The van der Waals surface area contributed by atoms with Gasteiger partial charge in [0.2, 0.25) is 0 Å². The Labute approximate surface area is 106 Å². The number of anilines is 2. The number of H-pyrrole nitrogens is 1. The number of aromatic nitrogens is 3. The van der Waals surface area contributed by atoms with E-state index >= 15 is 0 Å². The molecule has 2 rings (SSSR count). The third kappa shape index (κ3) is 2.44. The maximum atomic E-state index is 11.8. The zero-order valence-corrected chi connectivity index (χ0v) is 10.6. The van der Waals surface area contributed by atoms with Crippen molar-refractivity contribution < 1.29 is 4.79 Å². The van der Waals surface area contributed by atoms with Gasteiger partial charge in [0.05, 0.1) is 23.3 Å². The van der Waals surface area contributed by atoms with Gasteiger partial charge in [-0.15, -0.1) is 0 Å². The second-order valence-corrected chi connectivity index (χ2v) is 4.23. The summed E-state index contributed by atoms with van der Waals surface area (Å²) in [5.74, 6) is -0.341. The first-order valence-electron chi connectivity index (χ1n) is 4.81. The van der Waals surface area contributed by atoms with Crippen LogP contribution in [-0.4, -0.2) is 21.1 Å². The van der Waals surface area contributed by atoms with Crippen molar-refractivity contribution in [1.82, 2.24) is 15.2 Å². The number of halogens is 1. The molecule has 0 aliphatic rings. The number of aryl methyl sites for hydroxylation is 1. The lowest BCUT2D eigenvalue weighted by molar-refractivity contribution is 0.102. The van der Waals surface area contributed by atoms with Gasteiger partial charge in [-0.3, -0.25) is 9.89 Å². The summed E-state index contributed by atoms with van der Waals surface area (Å²) >= 11 is 3.25. The van der Waals surface area contributed by atoms with Gasteiger partial charge in [0.15, 0.2) is 0 Å². The molecule has 7 heteroatoms. The lowest BCUT2D eigenvalue weighted by Gasteiger charge is -2.07. The fourth-order valence-corrected chi connectivity index (χ4v) is 1.72. The summed E-state index contributed by atoms with van der Waals surface area (Å²) in [5, 5.41) is 8.93. The standard InChI is InChI=1S/C10H10BrN5O/c1-5-7(2-3-8(11)14-5)15-10(17)9-6(12)4-13-16-9/h2-4H,12H2,1H3,(H,13,16)(H,15,17). The molecule has 0 saturated carbocycles. The molecule has 0 bridgehead atoms. The Kier molecular flexibility index (Phi) is 3.10. The van der Waals surface area contributed by atoms with E-state index in [1.54, 1.807) is 19.1 Å². The van der Waals surface area contributed by atoms with Crippen LogP contribution in [0.3, 0.4) is 0 Å². The number of pyridine rings is 1. The van der Waals surface area contributed by atoms with E-state index < -0.39 is 0 Å². The zero-order chi connectivity index (χ0) is 12.4. The molecule has 0 aromatic carbocycles. The molecule has 17 heavy (non-hydrogen) atoms. The largest absolute Gasteiger partial charge is 0.396 e. The molecule has 0 aliphatic carbocycles. The fraction of sp³-hybridized carbons (Fsp3) is 0.100. The summed E-state index contributed by atoms with van der Waals surface area (Å²) in [6.07, 6.45) is 1.39. The second kappa shape index (κ2) is 4.54. The molecule has 0 atom stereocenters. The molecule has 1 amide bonds. The number of nitrogens with one attached hydrogen (secondary N) is 2. The molecule has 0 fully saturated rings. The van der Waals surface area contributed by atoms with Crippen LogP contribution < -0.4 is 11.1 Å². The summed E-state index contributed by atoms with van der Waals surface area (Å²) in [7, 11) is 0. The first-order chi connectivity index (χ1) is 8.08. The van der Waals surface area contributed by atoms with E-state index in [1.165, 1.54) is 6.20 Å². The first-order valence-corrected chi connectivity index (χ1v) is 5.60. The van der Waals surface area contributed by atoms with E-state index in [2.05, 4.69) is 36.4 Å². The average molecular weight is 296 g/mol. The predicted octanol–water partition coefficient (Wildman–Crippen LogP) is 1.71. The number of nitrogens with zero attached hydrogens (tertiary/aromatic N) is 2. The van der Waals surface area contributed by atoms with Gasteiger partial charge < -0.3 is 11.1 Å². The van der Waals surface area contributed by atoms with Gasteiger partial charge in [0, 0.05) is 0 Å². The number of hydrogen-bond acceptors (Lipinski definition) is 4. The van der Waals surface area contributed by atoms with Crippen LogP contribution in [0.4, 0.5) is 11.4 Å². The van der Waals surface area contributed by atoms with Crippen molar-refractivity contribution in [3.63, 3.8) is 0 Å². The lowest BCUT2D eigenvalue weighted by atomic mass is 10.3. The maximum Gasteiger partial charge on any atom is 0.275 e. The van der Waals surface area contributed by atoms with Crippen LogP contribution in [-0.2, 0) is 0 Å². The van der Waals surface area contributed by atoms with Crippen LogP contribution in [0.15, 0.2) is 22.9 Å². The van der Waals surface area contributed by atoms with Gasteiger partial charge in [-0.1, -0.05) is 0 Å². The molecule has 2 aromatic heterocycles. The van der Waals surface area contributed by atoms with Crippen molar-refractivity contribution in [2.45, 2.75) is 6.92 Å². The van der Waals surface area contributed by atoms with E-state index in [0.717, 1.165) is 0 Å². The topological polar surface area (TPSA) is 96.7 Å². The van der Waals surface area contributed by atoms with Gasteiger partial charge in [-0.05, 0) is 35.0 Å². The maximum absolute atomic E-state index is 11.8. The SMILES string of the molecule is Cc1nc(Br)ccc1NC(=O)c1[nH]ncc1N. The number of aromatic amines is 1. The molecule has 2 heterocycles. The number of rotatable bonds is 2. The minimum absolute atomic E-state index is 0.243. The van der Waals surface area contributed by atoms with Gasteiger partial charge in [0.25, 0.3) is 5.91 Å². The Morgan fingerprint density at radius 2 is 2.29 bits per heavy atom. The Balaban J connectivity index is 2.22. The molecule has 88 valence electrons. The second-order valence-electron chi connectivity index (χ2n) is 3.42. The molecular formula is C10H10BrN5O. The summed E-state index contributed by atoms with van der Waals surface area (Å²) in [6, 6.07) is 3.51. The minimum atomic E-state index is -0.341. The minimum Gasteiger partial charge on any atom is -0.396 e. The Morgan fingerprint density at radius 3 is 2.88 bits per heavy atom. The van der Waals surface area contributed by atoms with Crippen molar-refractivity contribution in [2.75, 3.05) is 11.1 Å². The smallest absolute Gasteiger partial charge is 0.275 e. The summed E-state index contributed by atoms with van der Waals surface area (Å²) in [6.45, 7) is 1.80. The number of amides is 1. The summed E-state index contributed by atoms with van der Waals surface area (Å²) in [4.78, 5) is 16.0. The number of carbonyl (C=O) groups is 1. The highest BCUT2D eigenvalue weighted by Crippen LogP contribution is 2.17. The average Bonchev–Trinajstić information content (AvgIpc) is 2.68. The van der Waals surface area contributed by atoms with E-state index in [9.17, 15) is 4.79 Å². The van der Waals surface area contributed by atoms with Gasteiger partial charge in [-0.25, -0.2) is 4.98 Å². The van der Waals surface area contributed by atoms with E-state index in [-0.39, 0.29) is 11.6 Å². The van der Waals surface area contributed by atoms with Crippen molar-refractivity contribution >= 4 is 33.2 Å². The molecule has 0 radical (unpaired) electrons. The van der Waals surface area contributed by atoms with Crippen molar-refractivity contribution in [3.8, 4) is 0 Å². The summed E-state index contributed by atoms with van der Waals surface area (Å²) < 4.78 is 0.717. The zero-order valence-electron chi connectivity index (χ0n) is 8.99. The fourth-order valence-electron chi connectivity index (χ4n) is 1.32. The van der Waals surface area contributed by atoms with Crippen LogP contribution in [0.25, 0.3) is 0 Å². The first kappa shape index (κ1) is 11.6. The van der Waals surface area contributed by atoms with Crippen LogP contribution in [0.5, 0.6) is 0 Å².